The van der Waals surface area contributed by atoms with Gasteiger partial charge in [-0.05, 0) is 6.92 Å². The Kier molecular flexibility index (Phi) is 8.86. The number of rotatable bonds is 2. The number of carbonyl (C=O) groups is 1. The van der Waals surface area contributed by atoms with Crippen LogP contribution in [0.3, 0.4) is 0 Å². The maximum absolute atomic E-state index is 10.5. The average Bonchev–Trinajstić information content (AvgIpc) is 1.67. The zero-order valence-electron chi connectivity index (χ0n) is 6.10. The molecular formula is C6H11O2Y+2. The van der Waals surface area contributed by atoms with E-state index < -0.39 is 0 Å². The molecule has 0 aromatic carbocycles. The Morgan fingerprint density at radius 1 is 1.56 bits per heavy atom. The van der Waals surface area contributed by atoms with Gasteiger partial charge in [-0.25, -0.2) is 0 Å². The fourth-order valence-corrected chi connectivity index (χ4v) is 0.275. The second kappa shape index (κ2) is 6.56. The summed E-state index contributed by atoms with van der Waals surface area (Å²) in [5, 5.41) is 0. The molecule has 0 aromatic rings. The quantitative estimate of drug-likeness (QED) is 0.498. The van der Waals surface area contributed by atoms with Gasteiger partial charge >= 0.3 is 32.7 Å². The summed E-state index contributed by atoms with van der Waals surface area (Å²) in [4.78, 5) is 10.5. The molecule has 0 aliphatic heterocycles. The largest absolute Gasteiger partial charge is 3.00 e. The Balaban J connectivity index is 0. The van der Waals surface area contributed by atoms with Gasteiger partial charge in [-0.1, -0.05) is 0 Å². The Bertz CT molecular complexity index is 81.1. The van der Waals surface area contributed by atoms with E-state index in [4.69, 9.17) is 0 Å². The molecule has 0 aliphatic rings. The molecule has 0 aromatic heterocycles. The first-order chi connectivity index (χ1) is 3.68. The van der Waals surface area contributed by atoms with Crippen molar-refractivity contribution in [1.29, 1.82) is 0 Å². The number of carbonyl (C=O) groups excluding carboxylic acids is 1. The molecule has 0 saturated heterocycles. The standard InChI is InChI=1S/C6H11O2.Y/c1-4-8-6(7)5(2)3;/h4H2,1-3H3;/q-1;+3. The van der Waals surface area contributed by atoms with E-state index in [0.717, 1.165) is 0 Å². The molecule has 48 valence electrons. The summed E-state index contributed by atoms with van der Waals surface area (Å²) < 4.78 is 4.63. The molecule has 9 heavy (non-hydrogen) atoms. The maximum Gasteiger partial charge on any atom is 3.00 e. The molecule has 3 heteroatoms. The van der Waals surface area contributed by atoms with Crippen LogP contribution in [-0.2, 0) is 42.2 Å². The molecule has 0 rings (SSSR count). The molecule has 0 radical (unpaired) electrons. The molecular weight excluding hydrogens is 193 g/mol. The maximum atomic E-state index is 10.5. The number of hydrogen-bond acceptors (Lipinski definition) is 2. The first-order valence-electron chi connectivity index (χ1n) is 2.65. The second-order valence-corrected chi connectivity index (χ2v) is 1.72. The Labute approximate surface area is 81.2 Å². The van der Waals surface area contributed by atoms with Crippen molar-refractivity contribution in [2.24, 2.45) is 0 Å². The van der Waals surface area contributed by atoms with Gasteiger partial charge in [0.2, 0.25) is 0 Å². The van der Waals surface area contributed by atoms with Crippen LogP contribution in [0.1, 0.15) is 20.8 Å². The molecule has 0 heterocycles. The van der Waals surface area contributed by atoms with Crippen molar-refractivity contribution in [3.63, 3.8) is 0 Å². The SMILES string of the molecule is CCOC(=O)[C-](C)C.[Y+3]. The summed E-state index contributed by atoms with van der Waals surface area (Å²) in [5.41, 5.74) is 0. The molecule has 0 amide bonds. The van der Waals surface area contributed by atoms with E-state index in [9.17, 15) is 4.79 Å². The van der Waals surface area contributed by atoms with Crippen LogP contribution < -0.4 is 0 Å². The van der Waals surface area contributed by atoms with Crippen molar-refractivity contribution in [3.05, 3.63) is 5.92 Å². The monoisotopic (exact) mass is 204 g/mol. The van der Waals surface area contributed by atoms with E-state index in [2.05, 4.69) is 4.74 Å². The van der Waals surface area contributed by atoms with E-state index >= 15 is 0 Å². The molecule has 0 aliphatic carbocycles. The van der Waals surface area contributed by atoms with Gasteiger partial charge in [0.25, 0.3) is 0 Å². The third kappa shape index (κ3) is 6.33. The minimum atomic E-state index is -0.201. The smallest absolute Gasteiger partial charge is 0.488 e. The summed E-state index contributed by atoms with van der Waals surface area (Å²) >= 11 is 0. The van der Waals surface area contributed by atoms with Crippen LogP contribution in [0.4, 0.5) is 0 Å². The first-order valence-corrected chi connectivity index (χ1v) is 2.65. The minimum Gasteiger partial charge on any atom is -0.488 e. The number of esters is 1. The van der Waals surface area contributed by atoms with Gasteiger partial charge in [0.05, 0.1) is 6.61 Å². The fraction of sp³-hybridized carbons (Fsp3) is 0.667. The third-order valence-electron chi connectivity index (χ3n) is 0.684. The Morgan fingerprint density at radius 2 is 2.00 bits per heavy atom. The van der Waals surface area contributed by atoms with Crippen LogP contribution in [0, 0.1) is 5.92 Å². The van der Waals surface area contributed by atoms with Crippen molar-refractivity contribution in [2.75, 3.05) is 6.61 Å². The summed E-state index contributed by atoms with van der Waals surface area (Å²) in [5.74, 6) is 0.499. The van der Waals surface area contributed by atoms with Crippen LogP contribution in [0.25, 0.3) is 0 Å². The zero-order chi connectivity index (χ0) is 6.57. The van der Waals surface area contributed by atoms with Crippen molar-refractivity contribution in [1.82, 2.24) is 0 Å². The second-order valence-electron chi connectivity index (χ2n) is 1.72. The van der Waals surface area contributed by atoms with Gasteiger partial charge in [0.1, 0.15) is 0 Å². The molecule has 0 saturated carbocycles. The molecule has 0 unspecified atom stereocenters. The summed E-state index contributed by atoms with van der Waals surface area (Å²) in [6.45, 7) is 5.72. The molecule has 0 spiro atoms. The Hall–Kier alpha value is 0.444. The summed E-state index contributed by atoms with van der Waals surface area (Å²) in [6.07, 6.45) is 0. The number of hydrogen-bond donors (Lipinski definition) is 0. The normalized spacial score (nSPS) is 7.44. The van der Waals surface area contributed by atoms with Crippen LogP contribution in [-0.4, -0.2) is 12.6 Å². The van der Waals surface area contributed by atoms with E-state index in [1.807, 2.05) is 0 Å². The van der Waals surface area contributed by atoms with E-state index in [1.54, 1.807) is 20.8 Å². The fourth-order valence-electron chi connectivity index (χ4n) is 0.275. The molecule has 0 fully saturated rings. The van der Waals surface area contributed by atoms with E-state index in [1.165, 1.54) is 0 Å². The van der Waals surface area contributed by atoms with Gasteiger partial charge in [-0.2, -0.15) is 13.8 Å². The van der Waals surface area contributed by atoms with Gasteiger partial charge in [0, 0.05) is 0 Å². The predicted molar refractivity (Wildman–Crippen MR) is 31.2 cm³/mol. The van der Waals surface area contributed by atoms with Crippen LogP contribution in [0.2, 0.25) is 0 Å². The van der Waals surface area contributed by atoms with E-state index in [-0.39, 0.29) is 38.7 Å². The van der Waals surface area contributed by atoms with Gasteiger partial charge in [0.15, 0.2) is 5.97 Å². The Morgan fingerprint density at radius 3 is 2.11 bits per heavy atom. The van der Waals surface area contributed by atoms with Crippen molar-refractivity contribution in [2.45, 2.75) is 20.8 Å². The van der Waals surface area contributed by atoms with Gasteiger partial charge < -0.3 is 4.74 Å². The van der Waals surface area contributed by atoms with Crippen molar-refractivity contribution < 1.29 is 42.2 Å². The van der Waals surface area contributed by atoms with E-state index in [0.29, 0.717) is 12.5 Å². The summed E-state index contributed by atoms with van der Waals surface area (Å²) in [7, 11) is 0. The average molecular weight is 204 g/mol. The van der Waals surface area contributed by atoms with Crippen LogP contribution in [0.5, 0.6) is 0 Å². The molecule has 0 N–H and O–H groups in total. The van der Waals surface area contributed by atoms with Gasteiger partial charge in [-0.3, -0.25) is 10.7 Å². The minimum absolute atomic E-state index is 0. The summed E-state index contributed by atoms with van der Waals surface area (Å²) in [6, 6.07) is 0. The van der Waals surface area contributed by atoms with Gasteiger partial charge in [-0.15, -0.1) is 0 Å². The predicted octanol–water partition coefficient (Wildman–Crippen LogP) is 1.16. The molecule has 0 bridgehead atoms. The molecule has 2 nitrogen and oxygen atoms in total. The first kappa shape index (κ1) is 12.2. The van der Waals surface area contributed by atoms with Crippen LogP contribution in [0.15, 0.2) is 0 Å². The van der Waals surface area contributed by atoms with Crippen LogP contribution >= 0.6 is 0 Å². The third-order valence-corrected chi connectivity index (χ3v) is 0.684. The zero-order valence-corrected chi connectivity index (χ0v) is 8.94. The number of ether oxygens (including phenoxy) is 1. The van der Waals surface area contributed by atoms with Crippen molar-refractivity contribution in [3.8, 4) is 0 Å². The topological polar surface area (TPSA) is 26.3 Å². The molecule has 0 atom stereocenters. The van der Waals surface area contributed by atoms with Crippen molar-refractivity contribution >= 4 is 5.97 Å².